The van der Waals surface area contributed by atoms with Gasteiger partial charge in [-0.25, -0.2) is 8.42 Å². The molecule has 1 atom stereocenters. The molecule has 0 aliphatic rings. The van der Waals surface area contributed by atoms with Gasteiger partial charge in [-0.3, -0.25) is 19.2 Å². The number of amides is 1. The monoisotopic (exact) mass is 435 g/mol. The number of anilines is 1. The van der Waals surface area contributed by atoms with E-state index in [9.17, 15) is 23.3 Å². The zero-order chi connectivity index (χ0) is 22.3. The van der Waals surface area contributed by atoms with Crippen LogP contribution in [0, 0.1) is 10.1 Å². The number of carbonyl (C=O) groups excluding carboxylic acids is 1. The summed E-state index contributed by atoms with van der Waals surface area (Å²) in [6, 6.07) is 11.7. The summed E-state index contributed by atoms with van der Waals surface area (Å²) in [5, 5.41) is 13.7. The van der Waals surface area contributed by atoms with Crippen LogP contribution in [0.4, 0.5) is 11.4 Å². The van der Waals surface area contributed by atoms with Crippen molar-refractivity contribution < 1.29 is 22.9 Å². The van der Waals surface area contributed by atoms with Crippen molar-refractivity contribution in [3.8, 4) is 5.75 Å². The summed E-state index contributed by atoms with van der Waals surface area (Å²) in [6.07, 6.45) is 2.27. The normalized spacial score (nSPS) is 12.1. The molecule has 0 aliphatic heterocycles. The number of nitrogens with zero attached hydrogens (tertiary/aromatic N) is 2. The number of non-ortho nitro benzene ring substituents is 1. The average Bonchev–Trinajstić information content (AvgIpc) is 2.70. The molecule has 10 heteroatoms. The zero-order valence-electron chi connectivity index (χ0n) is 17.1. The molecule has 0 fully saturated rings. The van der Waals surface area contributed by atoms with Crippen LogP contribution in [0.15, 0.2) is 48.5 Å². The number of benzene rings is 2. The first kappa shape index (κ1) is 23.1. The second-order valence-corrected chi connectivity index (χ2v) is 8.58. The number of ether oxygens (including phenoxy) is 1. The van der Waals surface area contributed by atoms with Gasteiger partial charge in [0.15, 0.2) is 0 Å². The second kappa shape index (κ2) is 10.1. The molecular weight excluding hydrogens is 410 g/mol. The molecule has 162 valence electrons. The zero-order valence-corrected chi connectivity index (χ0v) is 17.9. The second-order valence-electron chi connectivity index (χ2n) is 6.72. The van der Waals surface area contributed by atoms with Crippen LogP contribution in [0.1, 0.15) is 18.9 Å². The summed E-state index contributed by atoms with van der Waals surface area (Å²) in [7, 11) is -2.26. The van der Waals surface area contributed by atoms with Crippen molar-refractivity contribution in [2.75, 3.05) is 24.2 Å². The summed E-state index contributed by atoms with van der Waals surface area (Å²) in [5.74, 6) is 0.276. The molecule has 0 aromatic heterocycles. The first-order chi connectivity index (χ1) is 14.1. The molecule has 0 unspecified atom stereocenters. The Balaban J connectivity index is 2.06. The summed E-state index contributed by atoms with van der Waals surface area (Å²) in [4.78, 5) is 23.0. The largest absolute Gasteiger partial charge is 0.496 e. The summed E-state index contributed by atoms with van der Waals surface area (Å²) >= 11 is 0. The van der Waals surface area contributed by atoms with Crippen molar-refractivity contribution in [3.05, 3.63) is 64.2 Å². The van der Waals surface area contributed by atoms with E-state index in [1.807, 2.05) is 24.3 Å². The molecule has 30 heavy (non-hydrogen) atoms. The molecule has 2 aromatic rings. The highest BCUT2D eigenvalue weighted by atomic mass is 32.2. The van der Waals surface area contributed by atoms with Gasteiger partial charge in [0.25, 0.3) is 5.69 Å². The number of methoxy groups -OCH3 is 1. The molecule has 1 N–H and O–H groups in total. The molecule has 0 spiro atoms. The highest BCUT2D eigenvalue weighted by Gasteiger charge is 2.29. The molecule has 0 saturated carbocycles. The third kappa shape index (κ3) is 5.93. The molecule has 0 aliphatic carbocycles. The van der Waals surface area contributed by atoms with Gasteiger partial charge in [-0.05, 0) is 37.5 Å². The first-order valence-corrected chi connectivity index (χ1v) is 11.1. The Morgan fingerprint density at radius 3 is 2.57 bits per heavy atom. The Bertz CT molecular complexity index is 1010. The smallest absolute Gasteiger partial charge is 0.271 e. The average molecular weight is 436 g/mol. The number of carbonyl (C=O) groups is 1. The van der Waals surface area contributed by atoms with Crippen molar-refractivity contribution in [2.24, 2.45) is 0 Å². The van der Waals surface area contributed by atoms with Crippen LogP contribution < -0.4 is 14.4 Å². The van der Waals surface area contributed by atoms with Gasteiger partial charge < -0.3 is 10.1 Å². The predicted molar refractivity (Wildman–Crippen MR) is 114 cm³/mol. The minimum Gasteiger partial charge on any atom is -0.496 e. The molecule has 0 heterocycles. The number of hydrogen-bond acceptors (Lipinski definition) is 6. The maximum atomic E-state index is 12.6. The highest BCUT2D eigenvalue weighted by molar-refractivity contribution is 7.92. The number of para-hydroxylation sites is 1. The number of aryl methyl sites for hydroxylation is 1. The van der Waals surface area contributed by atoms with Crippen molar-refractivity contribution in [1.29, 1.82) is 0 Å². The van der Waals surface area contributed by atoms with Gasteiger partial charge in [0.05, 0.1) is 24.0 Å². The summed E-state index contributed by atoms with van der Waals surface area (Å²) < 4.78 is 30.8. The van der Waals surface area contributed by atoms with Gasteiger partial charge in [-0.1, -0.05) is 24.3 Å². The quantitative estimate of drug-likeness (QED) is 0.348. The Kier molecular flexibility index (Phi) is 7.76. The van der Waals surface area contributed by atoms with Crippen LogP contribution in [0.25, 0.3) is 0 Å². The predicted octanol–water partition coefficient (Wildman–Crippen LogP) is 2.51. The van der Waals surface area contributed by atoms with E-state index in [0.29, 0.717) is 19.4 Å². The van der Waals surface area contributed by atoms with Gasteiger partial charge in [0.1, 0.15) is 11.8 Å². The Morgan fingerprint density at radius 1 is 1.23 bits per heavy atom. The standard InChI is InChI=1S/C20H25N3O6S/c1-15(20(24)21-13-7-9-16-8-4-5-12-19(16)29-2)22(30(3,27)28)17-10-6-11-18(14-17)23(25)26/h4-6,8,10-12,14-15H,7,9,13H2,1-3H3,(H,21,24)/t15-/m0/s1. The Labute approximate surface area is 175 Å². The van der Waals surface area contributed by atoms with Gasteiger partial charge in [0.2, 0.25) is 15.9 Å². The Morgan fingerprint density at radius 2 is 1.93 bits per heavy atom. The van der Waals surface area contributed by atoms with Crippen LogP contribution in [0.5, 0.6) is 5.75 Å². The fraction of sp³-hybridized carbons (Fsp3) is 0.350. The van der Waals surface area contributed by atoms with Gasteiger partial charge in [0, 0.05) is 18.7 Å². The lowest BCUT2D eigenvalue weighted by Crippen LogP contribution is -2.48. The molecule has 0 saturated heterocycles. The lowest BCUT2D eigenvalue weighted by Gasteiger charge is -2.28. The van der Waals surface area contributed by atoms with Gasteiger partial charge in [-0.15, -0.1) is 0 Å². The highest BCUT2D eigenvalue weighted by Crippen LogP contribution is 2.25. The van der Waals surface area contributed by atoms with E-state index >= 15 is 0 Å². The molecular formula is C20H25N3O6S. The van der Waals surface area contributed by atoms with Crippen LogP contribution >= 0.6 is 0 Å². The van der Waals surface area contributed by atoms with E-state index in [-0.39, 0.29) is 11.4 Å². The number of nitro benzene ring substituents is 1. The minimum atomic E-state index is -3.85. The number of rotatable bonds is 10. The van der Waals surface area contributed by atoms with Crippen molar-refractivity contribution in [2.45, 2.75) is 25.8 Å². The maximum Gasteiger partial charge on any atom is 0.271 e. The van der Waals surface area contributed by atoms with E-state index in [1.165, 1.54) is 25.1 Å². The number of sulfonamides is 1. The van der Waals surface area contributed by atoms with E-state index in [2.05, 4.69) is 5.32 Å². The van der Waals surface area contributed by atoms with E-state index in [1.54, 1.807) is 7.11 Å². The molecule has 1 amide bonds. The van der Waals surface area contributed by atoms with Crippen LogP contribution in [-0.2, 0) is 21.2 Å². The van der Waals surface area contributed by atoms with E-state index in [0.717, 1.165) is 27.9 Å². The fourth-order valence-corrected chi connectivity index (χ4v) is 4.27. The van der Waals surface area contributed by atoms with Crippen molar-refractivity contribution in [3.63, 3.8) is 0 Å². The minimum absolute atomic E-state index is 0.0587. The van der Waals surface area contributed by atoms with Crippen molar-refractivity contribution >= 4 is 27.3 Å². The van der Waals surface area contributed by atoms with Crippen LogP contribution in [0.2, 0.25) is 0 Å². The molecule has 0 radical (unpaired) electrons. The summed E-state index contributed by atoms with van der Waals surface area (Å²) in [6.45, 7) is 1.78. The van der Waals surface area contributed by atoms with Gasteiger partial charge in [-0.2, -0.15) is 0 Å². The topological polar surface area (TPSA) is 119 Å². The lowest BCUT2D eigenvalue weighted by atomic mass is 10.1. The van der Waals surface area contributed by atoms with Crippen LogP contribution in [0.3, 0.4) is 0 Å². The molecule has 0 bridgehead atoms. The lowest BCUT2D eigenvalue weighted by molar-refractivity contribution is -0.384. The van der Waals surface area contributed by atoms with Gasteiger partial charge >= 0.3 is 0 Å². The molecule has 2 rings (SSSR count). The number of nitro groups is 1. The third-order valence-corrected chi connectivity index (χ3v) is 5.74. The maximum absolute atomic E-state index is 12.6. The van der Waals surface area contributed by atoms with Crippen molar-refractivity contribution in [1.82, 2.24) is 5.32 Å². The molecule has 9 nitrogen and oxygen atoms in total. The SMILES string of the molecule is COc1ccccc1CCCNC(=O)[C@H](C)N(c1cccc([N+](=O)[O-])c1)S(C)(=O)=O. The van der Waals surface area contributed by atoms with Crippen LogP contribution in [-0.4, -0.2) is 45.2 Å². The fourth-order valence-electron chi connectivity index (χ4n) is 3.10. The number of nitrogens with one attached hydrogen (secondary N) is 1. The van der Waals surface area contributed by atoms with E-state index < -0.39 is 26.9 Å². The van der Waals surface area contributed by atoms with E-state index in [4.69, 9.17) is 4.74 Å². The molecule has 2 aromatic carbocycles. The number of hydrogen-bond donors (Lipinski definition) is 1. The third-order valence-electron chi connectivity index (χ3n) is 4.50. The summed E-state index contributed by atoms with van der Waals surface area (Å²) in [5.41, 5.74) is 0.811. The Hall–Kier alpha value is -3.14. The first-order valence-electron chi connectivity index (χ1n) is 9.28.